The third kappa shape index (κ3) is 2.91. The fourth-order valence-corrected chi connectivity index (χ4v) is 0.340. The van der Waals surface area contributed by atoms with Gasteiger partial charge < -0.3 is 16.4 Å². The summed E-state index contributed by atoms with van der Waals surface area (Å²) in [5.74, 6) is -0.552. The topological polar surface area (TPSA) is 84.2 Å². The lowest BCUT2D eigenvalue weighted by atomic mass is 10.3. The zero-order chi connectivity index (χ0) is 8.15. The van der Waals surface area contributed by atoms with Gasteiger partial charge in [-0.1, -0.05) is 0 Å². The molecule has 0 spiro atoms. The summed E-state index contributed by atoms with van der Waals surface area (Å²) < 4.78 is 0. The molecule has 0 saturated carbocycles. The number of nitrogens with two attached hydrogens (primary N) is 1. The molecule has 5 heteroatoms. The highest BCUT2D eigenvalue weighted by molar-refractivity contribution is 5.85. The first-order valence-corrected chi connectivity index (χ1v) is 2.85. The molecule has 0 fully saturated rings. The first-order chi connectivity index (χ1) is 4.57. The van der Waals surface area contributed by atoms with Crippen LogP contribution in [0.25, 0.3) is 0 Å². The average Bonchev–Trinajstić information content (AvgIpc) is 1.87. The number of rotatable bonds is 2. The van der Waals surface area contributed by atoms with Gasteiger partial charge in [-0.15, -0.1) is 0 Å². The standard InChI is InChI=1S/C5H11N3O2/c1-3(4(6)9)8-5(10)7-2/h3H,1-2H3,(H2,6,9)(H2,7,8,10)/t3-/m1/s1. The number of hydrogen-bond acceptors (Lipinski definition) is 2. The van der Waals surface area contributed by atoms with Gasteiger partial charge in [0.25, 0.3) is 0 Å². The number of carbonyl (C=O) groups is 2. The number of carbonyl (C=O) groups excluding carboxylic acids is 2. The number of urea groups is 1. The predicted octanol–water partition coefficient (Wildman–Crippen LogP) is -1.21. The lowest BCUT2D eigenvalue weighted by molar-refractivity contribution is -0.119. The minimum Gasteiger partial charge on any atom is -0.368 e. The second kappa shape index (κ2) is 3.71. The molecule has 0 unspecified atom stereocenters. The van der Waals surface area contributed by atoms with Crippen molar-refractivity contribution in [2.45, 2.75) is 13.0 Å². The van der Waals surface area contributed by atoms with Gasteiger partial charge in [-0.05, 0) is 6.92 Å². The number of nitrogens with one attached hydrogen (secondary N) is 2. The van der Waals surface area contributed by atoms with Gasteiger partial charge in [-0.25, -0.2) is 4.79 Å². The van der Waals surface area contributed by atoms with E-state index in [1.807, 2.05) is 0 Å². The van der Waals surface area contributed by atoms with E-state index in [-0.39, 0.29) is 0 Å². The van der Waals surface area contributed by atoms with Crippen LogP contribution in [0.1, 0.15) is 6.92 Å². The minimum atomic E-state index is -0.625. The summed E-state index contributed by atoms with van der Waals surface area (Å²) in [5, 5.41) is 4.60. The van der Waals surface area contributed by atoms with Crippen molar-refractivity contribution in [1.82, 2.24) is 10.6 Å². The smallest absolute Gasteiger partial charge is 0.315 e. The Bertz CT molecular complexity index is 146. The van der Waals surface area contributed by atoms with E-state index in [0.29, 0.717) is 0 Å². The van der Waals surface area contributed by atoms with Gasteiger partial charge in [-0.2, -0.15) is 0 Å². The van der Waals surface area contributed by atoms with Gasteiger partial charge in [0.2, 0.25) is 5.91 Å². The molecule has 0 radical (unpaired) electrons. The lowest BCUT2D eigenvalue weighted by Crippen LogP contribution is -2.45. The van der Waals surface area contributed by atoms with Gasteiger partial charge in [0.1, 0.15) is 6.04 Å². The van der Waals surface area contributed by atoms with Crippen LogP contribution in [0.3, 0.4) is 0 Å². The zero-order valence-corrected chi connectivity index (χ0v) is 5.97. The van der Waals surface area contributed by atoms with Gasteiger partial charge in [0, 0.05) is 7.05 Å². The van der Waals surface area contributed by atoms with E-state index >= 15 is 0 Å². The molecule has 0 bridgehead atoms. The largest absolute Gasteiger partial charge is 0.368 e. The molecule has 0 heterocycles. The normalized spacial score (nSPS) is 11.8. The molecule has 1 atom stereocenters. The Morgan fingerprint density at radius 1 is 1.50 bits per heavy atom. The van der Waals surface area contributed by atoms with Crippen LogP contribution in [-0.2, 0) is 4.79 Å². The molecule has 58 valence electrons. The summed E-state index contributed by atoms with van der Waals surface area (Å²) in [6.45, 7) is 1.51. The van der Waals surface area contributed by atoms with Crippen molar-refractivity contribution in [3.63, 3.8) is 0 Å². The van der Waals surface area contributed by atoms with Crippen LogP contribution in [0.15, 0.2) is 0 Å². The van der Waals surface area contributed by atoms with E-state index in [4.69, 9.17) is 5.73 Å². The zero-order valence-electron chi connectivity index (χ0n) is 5.97. The molecule has 0 aromatic heterocycles. The summed E-state index contributed by atoms with van der Waals surface area (Å²) in [6.07, 6.45) is 0. The molecule has 0 aromatic rings. The molecule has 0 aromatic carbocycles. The Labute approximate surface area is 59.0 Å². The van der Waals surface area contributed by atoms with Gasteiger partial charge in [0.15, 0.2) is 0 Å². The summed E-state index contributed by atoms with van der Waals surface area (Å²) in [6, 6.07) is -1.04. The van der Waals surface area contributed by atoms with Crippen molar-refractivity contribution in [2.24, 2.45) is 5.73 Å². The third-order valence-electron chi connectivity index (χ3n) is 1.00. The van der Waals surface area contributed by atoms with E-state index < -0.39 is 18.0 Å². The van der Waals surface area contributed by atoms with Crippen molar-refractivity contribution < 1.29 is 9.59 Å². The van der Waals surface area contributed by atoms with E-state index in [1.165, 1.54) is 14.0 Å². The van der Waals surface area contributed by atoms with Crippen molar-refractivity contribution in [2.75, 3.05) is 7.05 Å². The van der Waals surface area contributed by atoms with Crippen LogP contribution in [0.5, 0.6) is 0 Å². The molecule has 10 heavy (non-hydrogen) atoms. The van der Waals surface area contributed by atoms with E-state index in [2.05, 4.69) is 10.6 Å². The molecule has 0 aliphatic rings. The summed E-state index contributed by atoms with van der Waals surface area (Å²) in [5.41, 5.74) is 4.86. The molecular formula is C5H11N3O2. The quantitative estimate of drug-likeness (QED) is 0.455. The molecule has 4 N–H and O–H groups in total. The Balaban J connectivity index is 3.68. The highest BCUT2D eigenvalue weighted by Crippen LogP contribution is 1.76. The Morgan fingerprint density at radius 3 is 2.30 bits per heavy atom. The SMILES string of the molecule is CNC(=O)N[C@H](C)C(N)=O. The lowest BCUT2D eigenvalue weighted by Gasteiger charge is -2.08. The maximum atomic E-state index is 10.5. The fraction of sp³-hybridized carbons (Fsp3) is 0.600. The van der Waals surface area contributed by atoms with Crippen molar-refractivity contribution >= 4 is 11.9 Å². The molecule has 0 saturated heterocycles. The van der Waals surface area contributed by atoms with Crippen LogP contribution in [0.2, 0.25) is 0 Å². The van der Waals surface area contributed by atoms with Crippen molar-refractivity contribution in [3.8, 4) is 0 Å². The molecule has 0 aliphatic heterocycles. The van der Waals surface area contributed by atoms with Gasteiger partial charge >= 0.3 is 6.03 Å². The molecular weight excluding hydrogens is 134 g/mol. The van der Waals surface area contributed by atoms with Crippen LogP contribution in [0.4, 0.5) is 4.79 Å². The van der Waals surface area contributed by atoms with Crippen LogP contribution in [-0.4, -0.2) is 25.0 Å². The second-order valence-electron chi connectivity index (χ2n) is 1.85. The van der Waals surface area contributed by atoms with Crippen molar-refractivity contribution in [3.05, 3.63) is 0 Å². The number of amides is 3. The molecule has 0 rings (SSSR count). The Hall–Kier alpha value is -1.26. The Morgan fingerprint density at radius 2 is 2.00 bits per heavy atom. The maximum Gasteiger partial charge on any atom is 0.315 e. The molecule has 3 amide bonds. The number of primary amides is 1. The second-order valence-corrected chi connectivity index (χ2v) is 1.85. The van der Waals surface area contributed by atoms with E-state index in [0.717, 1.165) is 0 Å². The summed E-state index contributed by atoms with van der Waals surface area (Å²) >= 11 is 0. The van der Waals surface area contributed by atoms with Crippen LogP contribution >= 0.6 is 0 Å². The maximum absolute atomic E-state index is 10.5. The van der Waals surface area contributed by atoms with Crippen LogP contribution in [0, 0.1) is 0 Å². The highest BCUT2D eigenvalue weighted by Gasteiger charge is 2.09. The van der Waals surface area contributed by atoms with E-state index in [9.17, 15) is 9.59 Å². The third-order valence-corrected chi connectivity index (χ3v) is 1.00. The monoisotopic (exact) mass is 145 g/mol. The molecule has 5 nitrogen and oxygen atoms in total. The first-order valence-electron chi connectivity index (χ1n) is 2.85. The average molecular weight is 145 g/mol. The molecule has 0 aliphatic carbocycles. The van der Waals surface area contributed by atoms with E-state index in [1.54, 1.807) is 0 Å². The fourth-order valence-electron chi connectivity index (χ4n) is 0.340. The predicted molar refractivity (Wildman–Crippen MR) is 36.2 cm³/mol. The first kappa shape index (κ1) is 8.74. The van der Waals surface area contributed by atoms with Crippen molar-refractivity contribution in [1.29, 1.82) is 0 Å². The summed E-state index contributed by atoms with van der Waals surface area (Å²) in [4.78, 5) is 20.8. The summed E-state index contributed by atoms with van der Waals surface area (Å²) in [7, 11) is 1.46. The van der Waals surface area contributed by atoms with Gasteiger partial charge in [0.05, 0.1) is 0 Å². The minimum absolute atomic E-state index is 0.411. The highest BCUT2D eigenvalue weighted by atomic mass is 16.2. The Kier molecular flexibility index (Phi) is 3.24. The van der Waals surface area contributed by atoms with Crippen LogP contribution < -0.4 is 16.4 Å². The number of hydrogen-bond donors (Lipinski definition) is 3. The van der Waals surface area contributed by atoms with Gasteiger partial charge in [-0.3, -0.25) is 4.79 Å².